The van der Waals surface area contributed by atoms with Crippen LogP contribution in [0.15, 0.2) is 42.6 Å². The third-order valence-corrected chi connectivity index (χ3v) is 3.18. The first-order valence-corrected chi connectivity index (χ1v) is 6.38. The van der Waals surface area contributed by atoms with Gasteiger partial charge < -0.3 is 0 Å². The van der Waals surface area contributed by atoms with Crippen molar-refractivity contribution < 1.29 is 4.39 Å². The zero-order valence-corrected chi connectivity index (χ0v) is 10.9. The minimum Gasteiger partial charge on any atom is -0.271 e. The number of nitrogens with zero attached hydrogens (tertiary/aromatic N) is 1. The Balaban J connectivity index is 2.11. The molecule has 1 aromatic heterocycles. The molecule has 3 nitrogen and oxygen atoms in total. The number of aromatic nitrogens is 1. The van der Waals surface area contributed by atoms with E-state index in [0.717, 1.165) is 18.5 Å². The molecule has 0 fully saturated rings. The first-order chi connectivity index (χ1) is 9.22. The molecule has 1 aromatic carbocycles. The van der Waals surface area contributed by atoms with E-state index in [4.69, 9.17) is 5.84 Å². The summed E-state index contributed by atoms with van der Waals surface area (Å²) >= 11 is 0. The van der Waals surface area contributed by atoms with E-state index in [1.807, 2.05) is 0 Å². The van der Waals surface area contributed by atoms with Gasteiger partial charge in [0, 0.05) is 0 Å². The standard InChI is InChI=1S/C15H18FN3/c1-2-11-3-5-12(6-4-11)9-15(19-17)14-8-7-13(16)10-18-14/h3-8,10,15,19H,2,9,17H2,1H3. The number of hydrogen-bond donors (Lipinski definition) is 2. The number of pyridine rings is 1. The average molecular weight is 259 g/mol. The number of aryl methyl sites for hydroxylation is 1. The Kier molecular flexibility index (Phi) is 4.60. The second kappa shape index (κ2) is 6.41. The molecule has 0 aliphatic carbocycles. The van der Waals surface area contributed by atoms with Crippen molar-refractivity contribution in [1.82, 2.24) is 10.4 Å². The van der Waals surface area contributed by atoms with Gasteiger partial charge in [0.2, 0.25) is 0 Å². The smallest absolute Gasteiger partial charge is 0.141 e. The minimum absolute atomic E-state index is 0.118. The molecule has 0 aliphatic heterocycles. The van der Waals surface area contributed by atoms with Crippen LogP contribution in [-0.4, -0.2) is 4.98 Å². The quantitative estimate of drug-likeness (QED) is 0.641. The van der Waals surface area contributed by atoms with Gasteiger partial charge in [-0.25, -0.2) is 4.39 Å². The molecular weight excluding hydrogens is 241 g/mol. The number of nitrogens with two attached hydrogens (primary N) is 1. The van der Waals surface area contributed by atoms with E-state index in [1.165, 1.54) is 23.4 Å². The van der Waals surface area contributed by atoms with Crippen molar-refractivity contribution in [2.45, 2.75) is 25.8 Å². The van der Waals surface area contributed by atoms with Crippen LogP contribution >= 0.6 is 0 Å². The Bertz CT molecular complexity index is 508. The molecule has 0 amide bonds. The summed E-state index contributed by atoms with van der Waals surface area (Å²) in [6, 6.07) is 11.3. The highest BCUT2D eigenvalue weighted by molar-refractivity contribution is 5.24. The Morgan fingerprint density at radius 2 is 1.84 bits per heavy atom. The van der Waals surface area contributed by atoms with E-state index in [1.54, 1.807) is 6.07 Å². The predicted octanol–water partition coefficient (Wildman–Crippen LogP) is 2.53. The van der Waals surface area contributed by atoms with Crippen molar-refractivity contribution in [3.05, 3.63) is 65.2 Å². The Morgan fingerprint density at radius 1 is 1.16 bits per heavy atom. The summed E-state index contributed by atoms with van der Waals surface area (Å²) in [4.78, 5) is 4.06. The topological polar surface area (TPSA) is 50.9 Å². The van der Waals surface area contributed by atoms with E-state index >= 15 is 0 Å². The van der Waals surface area contributed by atoms with Gasteiger partial charge in [0.15, 0.2) is 0 Å². The predicted molar refractivity (Wildman–Crippen MR) is 73.8 cm³/mol. The lowest BCUT2D eigenvalue weighted by Gasteiger charge is -2.15. The molecule has 0 saturated heterocycles. The zero-order chi connectivity index (χ0) is 13.7. The highest BCUT2D eigenvalue weighted by Gasteiger charge is 2.12. The van der Waals surface area contributed by atoms with Gasteiger partial charge in [-0.2, -0.15) is 0 Å². The van der Waals surface area contributed by atoms with Crippen LogP contribution < -0.4 is 11.3 Å². The van der Waals surface area contributed by atoms with Gasteiger partial charge in [-0.1, -0.05) is 31.2 Å². The lowest BCUT2D eigenvalue weighted by molar-refractivity contribution is 0.533. The maximum atomic E-state index is 12.9. The molecule has 0 aliphatic rings. The lowest BCUT2D eigenvalue weighted by Crippen LogP contribution is -2.30. The maximum Gasteiger partial charge on any atom is 0.141 e. The zero-order valence-electron chi connectivity index (χ0n) is 10.9. The van der Waals surface area contributed by atoms with Crippen molar-refractivity contribution >= 4 is 0 Å². The number of halogens is 1. The lowest BCUT2D eigenvalue weighted by atomic mass is 10.0. The summed E-state index contributed by atoms with van der Waals surface area (Å²) in [5.74, 6) is 5.22. The fourth-order valence-corrected chi connectivity index (χ4v) is 1.99. The number of benzene rings is 1. The fraction of sp³-hybridized carbons (Fsp3) is 0.267. The van der Waals surface area contributed by atoms with Gasteiger partial charge in [-0.15, -0.1) is 0 Å². The molecule has 2 rings (SSSR count). The first-order valence-electron chi connectivity index (χ1n) is 6.38. The van der Waals surface area contributed by atoms with Crippen molar-refractivity contribution in [2.24, 2.45) is 5.84 Å². The van der Waals surface area contributed by atoms with E-state index in [0.29, 0.717) is 0 Å². The van der Waals surface area contributed by atoms with Gasteiger partial charge in [0.05, 0.1) is 17.9 Å². The second-order valence-corrected chi connectivity index (χ2v) is 4.49. The number of rotatable bonds is 5. The molecule has 100 valence electrons. The van der Waals surface area contributed by atoms with Crippen LogP contribution in [0.25, 0.3) is 0 Å². The van der Waals surface area contributed by atoms with Gasteiger partial charge in [-0.3, -0.25) is 16.3 Å². The second-order valence-electron chi connectivity index (χ2n) is 4.49. The van der Waals surface area contributed by atoms with Crippen molar-refractivity contribution in [2.75, 3.05) is 0 Å². The summed E-state index contributed by atoms with van der Waals surface area (Å²) in [6.45, 7) is 2.13. The normalized spacial score (nSPS) is 12.4. The largest absolute Gasteiger partial charge is 0.271 e. The Morgan fingerprint density at radius 3 is 2.37 bits per heavy atom. The van der Waals surface area contributed by atoms with Crippen molar-refractivity contribution in [3.63, 3.8) is 0 Å². The van der Waals surface area contributed by atoms with E-state index in [-0.39, 0.29) is 11.9 Å². The molecular formula is C15H18FN3. The van der Waals surface area contributed by atoms with E-state index in [2.05, 4.69) is 41.6 Å². The van der Waals surface area contributed by atoms with Gasteiger partial charge in [0.25, 0.3) is 0 Å². The molecule has 1 heterocycles. The van der Waals surface area contributed by atoms with Crippen molar-refractivity contribution in [3.8, 4) is 0 Å². The molecule has 0 radical (unpaired) electrons. The van der Waals surface area contributed by atoms with Crippen LogP contribution in [0.2, 0.25) is 0 Å². The first kappa shape index (κ1) is 13.6. The molecule has 19 heavy (non-hydrogen) atoms. The summed E-state index contributed by atoms with van der Waals surface area (Å²) < 4.78 is 12.9. The van der Waals surface area contributed by atoms with Gasteiger partial charge in [0.1, 0.15) is 5.82 Å². The summed E-state index contributed by atoms with van der Waals surface area (Å²) in [5, 5.41) is 0. The van der Waals surface area contributed by atoms with Crippen LogP contribution in [-0.2, 0) is 12.8 Å². The average Bonchev–Trinajstić information content (AvgIpc) is 2.46. The molecule has 1 unspecified atom stereocenters. The van der Waals surface area contributed by atoms with Crippen LogP contribution in [0.5, 0.6) is 0 Å². The molecule has 0 spiro atoms. The van der Waals surface area contributed by atoms with E-state index < -0.39 is 0 Å². The Hall–Kier alpha value is -1.78. The highest BCUT2D eigenvalue weighted by atomic mass is 19.1. The summed E-state index contributed by atoms with van der Waals surface area (Å²) in [7, 11) is 0. The third kappa shape index (κ3) is 3.59. The molecule has 2 aromatic rings. The molecule has 0 bridgehead atoms. The number of hydrogen-bond acceptors (Lipinski definition) is 3. The van der Waals surface area contributed by atoms with Crippen LogP contribution in [0.4, 0.5) is 4.39 Å². The van der Waals surface area contributed by atoms with Crippen LogP contribution in [0.3, 0.4) is 0 Å². The summed E-state index contributed by atoms with van der Waals surface area (Å²) in [5.41, 5.74) is 5.95. The van der Waals surface area contributed by atoms with Gasteiger partial charge in [-0.05, 0) is 36.1 Å². The Labute approximate surface area is 112 Å². The van der Waals surface area contributed by atoms with Crippen LogP contribution in [0, 0.1) is 5.82 Å². The highest BCUT2D eigenvalue weighted by Crippen LogP contribution is 2.16. The maximum absolute atomic E-state index is 12.9. The molecule has 1 atom stereocenters. The molecule has 4 heteroatoms. The van der Waals surface area contributed by atoms with Crippen molar-refractivity contribution in [1.29, 1.82) is 0 Å². The molecule has 0 saturated carbocycles. The fourth-order valence-electron chi connectivity index (χ4n) is 1.99. The number of nitrogens with one attached hydrogen (secondary N) is 1. The minimum atomic E-state index is -0.341. The van der Waals surface area contributed by atoms with Crippen LogP contribution in [0.1, 0.15) is 29.8 Å². The SMILES string of the molecule is CCc1ccc(CC(NN)c2ccc(F)cn2)cc1. The van der Waals surface area contributed by atoms with E-state index in [9.17, 15) is 4.39 Å². The van der Waals surface area contributed by atoms with Gasteiger partial charge >= 0.3 is 0 Å². The third-order valence-electron chi connectivity index (χ3n) is 3.18. The summed E-state index contributed by atoms with van der Waals surface area (Å²) in [6.07, 6.45) is 2.96. The molecule has 3 N–H and O–H groups in total. The monoisotopic (exact) mass is 259 g/mol. The number of hydrazine groups is 1.